The van der Waals surface area contributed by atoms with Crippen molar-refractivity contribution in [2.24, 2.45) is 11.8 Å². The monoisotopic (exact) mass is 269 g/mol. The molecule has 1 amide bonds. The molecular weight excluding hydrogens is 246 g/mol. The molecule has 2 aliphatic rings. The summed E-state index contributed by atoms with van der Waals surface area (Å²) in [6.07, 6.45) is 2.93. The van der Waals surface area contributed by atoms with Gasteiger partial charge >= 0.3 is 5.97 Å². The van der Waals surface area contributed by atoms with Crippen molar-refractivity contribution in [2.45, 2.75) is 51.7 Å². The maximum Gasteiger partial charge on any atom is 0.310 e. The molecule has 0 unspecified atom stereocenters. The number of nitrogens with zero attached hydrogens (tertiary/aromatic N) is 1. The summed E-state index contributed by atoms with van der Waals surface area (Å²) in [4.78, 5) is 25.8. The van der Waals surface area contributed by atoms with Crippen LogP contribution in [0.4, 0.5) is 0 Å². The molecule has 2 rings (SSSR count). The highest BCUT2D eigenvalue weighted by molar-refractivity contribution is 5.86. The van der Waals surface area contributed by atoms with Gasteiger partial charge in [-0.05, 0) is 25.7 Å². The zero-order chi connectivity index (χ0) is 14.0. The molecule has 2 fully saturated rings. The van der Waals surface area contributed by atoms with Gasteiger partial charge in [0, 0.05) is 13.1 Å². The number of carboxylic acid groups (broad SMARTS) is 1. The van der Waals surface area contributed by atoms with Crippen molar-refractivity contribution < 1.29 is 19.4 Å². The smallest absolute Gasteiger partial charge is 0.310 e. The molecule has 0 aliphatic carbocycles. The van der Waals surface area contributed by atoms with E-state index in [2.05, 4.69) is 0 Å². The third kappa shape index (κ3) is 2.61. The van der Waals surface area contributed by atoms with Gasteiger partial charge in [-0.15, -0.1) is 0 Å². The van der Waals surface area contributed by atoms with Crippen LogP contribution in [0.25, 0.3) is 0 Å². The topological polar surface area (TPSA) is 66.8 Å². The number of rotatable bonds is 6. The maximum atomic E-state index is 12.6. The number of fused-ring (bicyclic) bond motifs is 2. The van der Waals surface area contributed by atoms with E-state index in [4.69, 9.17) is 4.74 Å². The molecule has 2 saturated heterocycles. The van der Waals surface area contributed by atoms with Crippen molar-refractivity contribution in [3.8, 4) is 0 Å². The molecule has 0 aromatic carbocycles. The molecule has 0 aromatic rings. The lowest BCUT2D eigenvalue weighted by Crippen LogP contribution is -2.46. The molecule has 108 valence electrons. The van der Waals surface area contributed by atoms with Crippen molar-refractivity contribution in [3.63, 3.8) is 0 Å². The number of ether oxygens (including phenoxy) is 1. The summed E-state index contributed by atoms with van der Waals surface area (Å²) >= 11 is 0. The molecule has 0 aromatic heterocycles. The van der Waals surface area contributed by atoms with Crippen molar-refractivity contribution in [1.29, 1.82) is 0 Å². The largest absolute Gasteiger partial charge is 0.481 e. The Kier molecular flexibility index (Phi) is 4.45. The Morgan fingerprint density at radius 1 is 1.11 bits per heavy atom. The predicted molar refractivity (Wildman–Crippen MR) is 69.7 cm³/mol. The first-order chi connectivity index (χ1) is 9.10. The van der Waals surface area contributed by atoms with E-state index in [0.717, 1.165) is 25.7 Å². The van der Waals surface area contributed by atoms with Gasteiger partial charge in [-0.2, -0.15) is 0 Å². The second kappa shape index (κ2) is 5.90. The minimum atomic E-state index is -0.890. The molecular formula is C14H23NO4. The van der Waals surface area contributed by atoms with Crippen molar-refractivity contribution >= 4 is 11.9 Å². The zero-order valence-corrected chi connectivity index (χ0v) is 11.7. The summed E-state index contributed by atoms with van der Waals surface area (Å²) in [5.41, 5.74) is 0. The fourth-order valence-electron chi connectivity index (χ4n) is 3.39. The van der Waals surface area contributed by atoms with E-state index < -0.39 is 17.8 Å². The van der Waals surface area contributed by atoms with Gasteiger partial charge in [-0.25, -0.2) is 0 Å². The van der Waals surface area contributed by atoms with E-state index in [0.29, 0.717) is 13.1 Å². The van der Waals surface area contributed by atoms with Crippen LogP contribution in [0.3, 0.4) is 0 Å². The highest BCUT2D eigenvalue weighted by Crippen LogP contribution is 2.44. The highest BCUT2D eigenvalue weighted by atomic mass is 16.5. The summed E-state index contributed by atoms with van der Waals surface area (Å²) in [6.45, 7) is 5.46. The number of carboxylic acids is 1. The Labute approximate surface area is 113 Å². The van der Waals surface area contributed by atoms with Crippen molar-refractivity contribution in [1.82, 2.24) is 4.90 Å². The van der Waals surface area contributed by atoms with Gasteiger partial charge < -0.3 is 14.7 Å². The number of hydrogen-bond donors (Lipinski definition) is 1. The summed E-state index contributed by atoms with van der Waals surface area (Å²) in [7, 11) is 0. The molecule has 2 aliphatic heterocycles. The standard InChI is InChI=1S/C14H23NO4/c1-3-7-15(8-4-2)13(16)11-9-5-6-10(19-9)12(11)14(17)18/h9-12H,3-8H2,1-2H3,(H,17,18)/t9-,10+,11+,12-/m0/s1. The Bertz CT molecular complexity index is 351. The number of carbonyl (C=O) groups is 2. The predicted octanol–water partition coefficient (Wildman–Crippen LogP) is 1.51. The second-order valence-corrected chi connectivity index (χ2v) is 5.51. The normalized spacial score (nSPS) is 32.5. The lowest BCUT2D eigenvalue weighted by Gasteiger charge is -2.30. The maximum absolute atomic E-state index is 12.6. The van der Waals surface area contributed by atoms with Gasteiger partial charge in [0.25, 0.3) is 0 Å². The number of hydrogen-bond acceptors (Lipinski definition) is 3. The molecule has 0 spiro atoms. The lowest BCUT2D eigenvalue weighted by atomic mass is 9.78. The summed E-state index contributed by atoms with van der Waals surface area (Å²) in [5, 5.41) is 9.35. The van der Waals surface area contributed by atoms with Crippen LogP contribution in [0.5, 0.6) is 0 Å². The molecule has 5 nitrogen and oxygen atoms in total. The van der Waals surface area contributed by atoms with Gasteiger partial charge in [0.15, 0.2) is 0 Å². The Hall–Kier alpha value is -1.10. The average Bonchev–Trinajstić information content (AvgIpc) is 2.97. The summed E-state index contributed by atoms with van der Waals surface area (Å²) < 4.78 is 5.66. The van der Waals surface area contributed by atoms with E-state index in [1.165, 1.54) is 0 Å². The minimum Gasteiger partial charge on any atom is -0.481 e. The third-order valence-corrected chi connectivity index (χ3v) is 4.14. The van der Waals surface area contributed by atoms with E-state index in [1.54, 1.807) is 0 Å². The van der Waals surface area contributed by atoms with E-state index in [-0.39, 0.29) is 18.1 Å². The van der Waals surface area contributed by atoms with Crippen molar-refractivity contribution in [3.05, 3.63) is 0 Å². The highest BCUT2D eigenvalue weighted by Gasteiger charge is 2.56. The minimum absolute atomic E-state index is 0.0247. The summed E-state index contributed by atoms with van der Waals surface area (Å²) in [5.74, 6) is -2.04. The Balaban J connectivity index is 2.13. The first-order valence-electron chi connectivity index (χ1n) is 7.27. The second-order valence-electron chi connectivity index (χ2n) is 5.51. The fourth-order valence-corrected chi connectivity index (χ4v) is 3.39. The number of carbonyl (C=O) groups excluding carboxylic acids is 1. The van der Waals surface area contributed by atoms with Crippen LogP contribution < -0.4 is 0 Å². The quantitative estimate of drug-likeness (QED) is 0.793. The Morgan fingerprint density at radius 3 is 2.11 bits per heavy atom. The molecule has 2 heterocycles. The molecule has 5 heteroatoms. The fraction of sp³-hybridized carbons (Fsp3) is 0.857. The van der Waals surface area contributed by atoms with Crippen molar-refractivity contribution in [2.75, 3.05) is 13.1 Å². The lowest BCUT2D eigenvalue weighted by molar-refractivity contribution is -0.150. The van der Waals surface area contributed by atoms with Crippen LogP contribution in [-0.4, -0.2) is 47.2 Å². The molecule has 19 heavy (non-hydrogen) atoms. The van der Waals surface area contributed by atoms with Crippen LogP contribution in [0, 0.1) is 11.8 Å². The molecule has 4 atom stereocenters. The van der Waals surface area contributed by atoms with Crippen LogP contribution in [-0.2, 0) is 14.3 Å². The third-order valence-electron chi connectivity index (χ3n) is 4.14. The van der Waals surface area contributed by atoms with Gasteiger partial charge in [0.1, 0.15) is 0 Å². The summed E-state index contributed by atoms with van der Waals surface area (Å²) in [6, 6.07) is 0. The van der Waals surface area contributed by atoms with E-state index in [9.17, 15) is 14.7 Å². The van der Waals surface area contributed by atoms with Crippen LogP contribution in [0.1, 0.15) is 39.5 Å². The van der Waals surface area contributed by atoms with E-state index >= 15 is 0 Å². The Morgan fingerprint density at radius 2 is 1.63 bits per heavy atom. The first kappa shape index (κ1) is 14.3. The van der Waals surface area contributed by atoms with Gasteiger partial charge in [-0.3, -0.25) is 9.59 Å². The average molecular weight is 269 g/mol. The van der Waals surface area contributed by atoms with Crippen LogP contribution >= 0.6 is 0 Å². The molecule has 0 radical (unpaired) electrons. The van der Waals surface area contributed by atoms with E-state index in [1.807, 2.05) is 18.7 Å². The van der Waals surface area contributed by atoms with Crippen LogP contribution in [0.2, 0.25) is 0 Å². The first-order valence-corrected chi connectivity index (χ1v) is 7.27. The van der Waals surface area contributed by atoms with Crippen LogP contribution in [0.15, 0.2) is 0 Å². The van der Waals surface area contributed by atoms with Gasteiger partial charge in [0.05, 0.1) is 24.0 Å². The number of amides is 1. The van der Waals surface area contributed by atoms with Gasteiger partial charge in [0.2, 0.25) is 5.91 Å². The number of aliphatic carboxylic acids is 1. The molecule has 0 saturated carbocycles. The zero-order valence-electron chi connectivity index (χ0n) is 11.7. The van der Waals surface area contributed by atoms with Gasteiger partial charge in [-0.1, -0.05) is 13.8 Å². The molecule has 2 bridgehead atoms. The SMILES string of the molecule is CCCN(CCC)C(=O)[C@H]1[C@@H](C(=O)O)[C@H]2CC[C@@H]1O2. The molecule has 1 N–H and O–H groups in total.